The lowest BCUT2D eigenvalue weighted by atomic mass is 9.87. The molecule has 0 saturated carbocycles. The average Bonchev–Trinajstić information content (AvgIpc) is 2.70. The number of hydrogen-bond donors (Lipinski definition) is 2. The molecule has 1 aliphatic rings. The van der Waals surface area contributed by atoms with E-state index in [9.17, 15) is 18.4 Å². The van der Waals surface area contributed by atoms with Gasteiger partial charge in [0.15, 0.2) is 3.84 Å². The first kappa shape index (κ1) is 23.5. The van der Waals surface area contributed by atoms with E-state index in [2.05, 4.69) is 16.9 Å². The van der Waals surface area contributed by atoms with E-state index in [-0.39, 0.29) is 29.3 Å². The second-order valence-electron chi connectivity index (χ2n) is 6.68. The van der Waals surface area contributed by atoms with Crippen molar-refractivity contribution in [1.82, 2.24) is 4.90 Å². The molecule has 1 aliphatic heterocycles. The van der Waals surface area contributed by atoms with Gasteiger partial charge in [-0.3, -0.25) is 19.5 Å². The number of rotatable bonds is 6. The van der Waals surface area contributed by atoms with Crippen molar-refractivity contribution in [2.75, 3.05) is 19.5 Å². The second-order valence-corrected chi connectivity index (χ2v) is 7.64. The number of halogens is 3. The van der Waals surface area contributed by atoms with Gasteiger partial charge >= 0.3 is 0 Å². The van der Waals surface area contributed by atoms with E-state index in [0.29, 0.717) is 3.84 Å². The van der Waals surface area contributed by atoms with Crippen LogP contribution in [0.4, 0.5) is 14.5 Å². The van der Waals surface area contributed by atoms with Crippen molar-refractivity contribution in [1.29, 1.82) is 0 Å². The van der Waals surface area contributed by atoms with E-state index in [1.54, 1.807) is 14.0 Å². The van der Waals surface area contributed by atoms with E-state index < -0.39 is 28.7 Å². The molecule has 3 N–H and O–H groups in total. The van der Waals surface area contributed by atoms with Gasteiger partial charge in [0.2, 0.25) is 5.91 Å². The van der Waals surface area contributed by atoms with Gasteiger partial charge in [0.25, 0.3) is 5.91 Å². The van der Waals surface area contributed by atoms with Crippen LogP contribution >= 0.6 is 22.6 Å². The number of benzene rings is 1. The number of amidine groups is 1. The fraction of sp³-hybridized carbons (Fsp3) is 0.250. The first-order valence-corrected chi connectivity index (χ1v) is 9.76. The Morgan fingerprint density at radius 3 is 2.73 bits per heavy atom. The minimum atomic E-state index is -1.15. The highest BCUT2D eigenvalue weighted by Crippen LogP contribution is 2.37. The Hall–Kier alpha value is -2.76. The summed E-state index contributed by atoms with van der Waals surface area (Å²) in [6, 6.07) is 3.84. The summed E-state index contributed by atoms with van der Waals surface area (Å²) in [5, 5.41) is 2.46. The zero-order valence-electron chi connectivity index (χ0n) is 16.6. The number of amides is 2. The molecule has 10 heteroatoms. The minimum Gasteiger partial charge on any atom is -0.495 e. The third-order valence-electron chi connectivity index (χ3n) is 4.52. The number of nitrogens with two attached hydrogens (primary N) is 1. The number of carbonyl (C=O) groups is 2. The number of methoxy groups -OCH3 is 1. The Labute approximate surface area is 186 Å². The van der Waals surface area contributed by atoms with Gasteiger partial charge in [-0.25, -0.2) is 8.78 Å². The molecule has 2 rings (SSSR count). The summed E-state index contributed by atoms with van der Waals surface area (Å²) in [6.07, 6.45) is 1.90. The molecule has 160 valence electrons. The molecule has 0 bridgehead atoms. The highest BCUT2D eigenvalue weighted by atomic mass is 127. The van der Waals surface area contributed by atoms with Crippen LogP contribution in [0.15, 0.2) is 59.2 Å². The van der Waals surface area contributed by atoms with E-state index in [1.165, 1.54) is 24.1 Å². The van der Waals surface area contributed by atoms with Gasteiger partial charge in [0, 0.05) is 30.6 Å². The molecule has 0 spiro atoms. The Morgan fingerprint density at radius 2 is 2.17 bits per heavy atom. The summed E-state index contributed by atoms with van der Waals surface area (Å²) >= 11 is 1.90. The summed E-state index contributed by atoms with van der Waals surface area (Å²) in [5.41, 5.74) is 3.99. The van der Waals surface area contributed by atoms with Gasteiger partial charge in [0.1, 0.15) is 17.4 Å². The van der Waals surface area contributed by atoms with Gasteiger partial charge in [-0.05, 0) is 47.7 Å². The van der Waals surface area contributed by atoms with Gasteiger partial charge in [-0.2, -0.15) is 0 Å². The number of allylic oxidation sites excluding steroid dienone is 1. The first-order valence-electron chi connectivity index (χ1n) is 8.68. The molecule has 0 saturated heterocycles. The third-order valence-corrected chi connectivity index (χ3v) is 5.49. The molecule has 0 radical (unpaired) electrons. The molecular formula is C20H21F2IN4O3. The lowest BCUT2D eigenvalue weighted by molar-refractivity contribution is -0.128. The summed E-state index contributed by atoms with van der Waals surface area (Å²) in [6.45, 7) is 5.05. The third kappa shape index (κ3) is 5.04. The lowest BCUT2D eigenvalue weighted by Gasteiger charge is -2.33. The van der Waals surface area contributed by atoms with Crippen LogP contribution in [0.2, 0.25) is 0 Å². The predicted molar refractivity (Wildman–Crippen MR) is 119 cm³/mol. The quantitative estimate of drug-likeness (QED) is 0.194. The van der Waals surface area contributed by atoms with Crippen molar-refractivity contribution in [2.45, 2.75) is 18.9 Å². The van der Waals surface area contributed by atoms with Crippen LogP contribution in [0.5, 0.6) is 0 Å². The fourth-order valence-corrected chi connectivity index (χ4v) is 3.51. The van der Waals surface area contributed by atoms with Crippen LogP contribution < -0.4 is 11.1 Å². The Balaban J connectivity index is 2.31. The van der Waals surface area contributed by atoms with Crippen LogP contribution in [0.25, 0.3) is 0 Å². The van der Waals surface area contributed by atoms with Crippen LogP contribution in [0.1, 0.15) is 18.9 Å². The van der Waals surface area contributed by atoms with Crippen molar-refractivity contribution < 1.29 is 23.1 Å². The summed E-state index contributed by atoms with van der Waals surface area (Å²) in [5.74, 6) is -2.56. The molecule has 1 aromatic rings. The highest BCUT2D eigenvalue weighted by Gasteiger charge is 2.38. The highest BCUT2D eigenvalue weighted by molar-refractivity contribution is 14.1. The Morgan fingerprint density at radius 1 is 1.50 bits per heavy atom. The smallest absolute Gasteiger partial charge is 0.258 e. The van der Waals surface area contributed by atoms with Gasteiger partial charge in [-0.1, -0.05) is 6.58 Å². The summed E-state index contributed by atoms with van der Waals surface area (Å²) in [7, 11) is 2.88. The van der Waals surface area contributed by atoms with Gasteiger partial charge < -0.3 is 15.8 Å². The SMILES string of the molecule is C=C(C(=O)Nc1ccc(F)c(C2(C)CC(=O)N(C)C(I)=N2)c1)/C(F)=C\C(=C/N)OC. The second kappa shape index (κ2) is 9.37. The van der Waals surface area contributed by atoms with Crippen molar-refractivity contribution >= 4 is 43.9 Å². The maximum atomic E-state index is 14.6. The normalized spacial score (nSPS) is 20.0. The fourth-order valence-electron chi connectivity index (χ4n) is 2.71. The molecule has 7 nitrogen and oxygen atoms in total. The molecule has 1 aromatic carbocycles. The Bertz CT molecular complexity index is 990. The molecule has 1 heterocycles. The topological polar surface area (TPSA) is 97.0 Å². The predicted octanol–water partition coefficient (Wildman–Crippen LogP) is 3.49. The lowest BCUT2D eigenvalue weighted by Crippen LogP contribution is -2.41. The van der Waals surface area contributed by atoms with Crippen LogP contribution in [0, 0.1) is 5.82 Å². The average molecular weight is 530 g/mol. The molecule has 1 atom stereocenters. The number of hydrogen-bond acceptors (Lipinski definition) is 5. The van der Waals surface area contributed by atoms with E-state index in [0.717, 1.165) is 18.3 Å². The largest absolute Gasteiger partial charge is 0.495 e. The summed E-state index contributed by atoms with van der Waals surface area (Å²) in [4.78, 5) is 30.4. The van der Waals surface area contributed by atoms with E-state index in [4.69, 9.17) is 10.5 Å². The van der Waals surface area contributed by atoms with Crippen LogP contribution in [0.3, 0.4) is 0 Å². The summed E-state index contributed by atoms with van der Waals surface area (Å²) < 4.78 is 34.0. The van der Waals surface area contributed by atoms with Crippen molar-refractivity contribution in [3.63, 3.8) is 0 Å². The minimum absolute atomic E-state index is 0.0119. The van der Waals surface area contributed by atoms with Crippen LogP contribution in [-0.4, -0.2) is 34.7 Å². The molecule has 2 amide bonds. The van der Waals surface area contributed by atoms with E-state index >= 15 is 0 Å². The number of carbonyl (C=O) groups excluding carboxylic acids is 2. The number of ether oxygens (including phenoxy) is 1. The zero-order valence-corrected chi connectivity index (χ0v) is 18.8. The number of aliphatic imine (C=N–C) groups is 1. The standard InChI is InChI=1S/C20H21F2IN4O3/c1-11(16(22)8-13(10-24)30-4)18(29)25-12-5-6-15(21)14(7-12)20(2)9-17(28)27(3)19(23)26-20/h5-8,10H,1,9,24H2,2-4H3,(H,25,29)/b13-10+,16-8+. The molecule has 30 heavy (non-hydrogen) atoms. The Kier molecular flexibility index (Phi) is 7.34. The number of anilines is 1. The van der Waals surface area contributed by atoms with Crippen molar-refractivity contribution in [3.8, 4) is 0 Å². The maximum Gasteiger partial charge on any atom is 0.258 e. The van der Waals surface area contributed by atoms with Crippen LogP contribution in [-0.2, 0) is 19.9 Å². The molecule has 1 unspecified atom stereocenters. The van der Waals surface area contributed by atoms with Crippen molar-refractivity contribution in [3.05, 3.63) is 65.6 Å². The first-order chi connectivity index (χ1) is 14.0. The number of nitrogens with zero attached hydrogens (tertiary/aromatic N) is 2. The van der Waals surface area contributed by atoms with Gasteiger partial charge in [0.05, 0.1) is 24.6 Å². The molecule has 0 fully saturated rings. The molecule has 0 aliphatic carbocycles. The van der Waals surface area contributed by atoms with Gasteiger partial charge in [-0.15, -0.1) is 0 Å². The molecule has 0 aromatic heterocycles. The van der Waals surface area contributed by atoms with Crippen molar-refractivity contribution in [2.24, 2.45) is 10.7 Å². The van der Waals surface area contributed by atoms with E-state index in [1.807, 2.05) is 22.6 Å². The zero-order chi connectivity index (χ0) is 22.6. The monoisotopic (exact) mass is 530 g/mol. The molecular weight excluding hydrogens is 509 g/mol. The maximum absolute atomic E-state index is 14.6. The number of nitrogens with one attached hydrogen (secondary N) is 1.